The van der Waals surface area contributed by atoms with Crippen molar-refractivity contribution in [2.45, 2.75) is 63.8 Å². The molecular formula is C37H37F5N6O3. The van der Waals surface area contributed by atoms with Gasteiger partial charge in [-0.2, -0.15) is 23.1 Å². The van der Waals surface area contributed by atoms with Crippen LogP contribution in [0.25, 0.3) is 32.9 Å². The average molecular weight is 709 g/mol. The number of likely N-dealkylation sites (tertiary alicyclic amines) is 1. The number of pyridine rings is 1. The lowest BCUT2D eigenvalue weighted by Gasteiger charge is -2.44. The summed E-state index contributed by atoms with van der Waals surface area (Å²) in [6, 6.07) is 5.10. The molecule has 14 heteroatoms. The van der Waals surface area contributed by atoms with Gasteiger partial charge in [-0.3, -0.25) is 0 Å². The molecule has 2 N–H and O–H groups in total. The van der Waals surface area contributed by atoms with Crippen molar-refractivity contribution in [3.05, 3.63) is 41.5 Å². The Bertz CT molecular complexity index is 2080. The minimum absolute atomic E-state index is 0.00802. The number of anilines is 1. The first-order valence-electron chi connectivity index (χ1n) is 17.3. The number of terminal acetylenes is 1. The number of aromatic nitrogens is 3. The topological polar surface area (TPSA) is 95.9 Å². The van der Waals surface area contributed by atoms with Crippen molar-refractivity contribution in [1.82, 2.24) is 25.2 Å². The van der Waals surface area contributed by atoms with E-state index in [0.717, 1.165) is 19.3 Å². The summed E-state index contributed by atoms with van der Waals surface area (Å²) in [5, 5.41) is 15.1. The molecule has 3 aliphatic heterocycles. The van der Waals surface area contributed by atoms with Crippen LogP contribution in [0.4, 0.5) is 27.8 Å². The molecule has 1 saturated carbocycles. The lowest BCUT2D eigenvalue weighted by atomic mass is 9.95. The molecule has 0 spiro atoms. The van der Waals surface area contributed by atoms with Gasteiger partial charge in [0, 0.05) is 48.1 Å². The summed E-state index contributed by atoms with van der Waals surface area (Å²) < 4.78 is 84.8. The summed E-state index contributed by atoms with van der Waals surface area (Å²) in [4.78, 5) is 18.0. The molecule has 51 heavy (non-hydrogen) atoms. The van der Waals surface area contributed by atoms with Gasteiger partial charge >= 0.3 is 12.2 Å². The second-order valence-corrected chi connectivity index (χ2v) is 14.5. The van der Waals surface area contributed by atoms with Crippen molar-refractivity contribution < 1.29 is 36.5 Å². The van der Waals surface area contributed by atoms with E-state index in [9.17, 15) is 22.7 Å². The number of rotatable bonds is 7. The number of nitrogens with zero attached hydrogens (tertiary/aromatic N) is 5. The number of piperazine rings is 1. The first-order valence-corrected chi connectivity index (χ1v) is 17.3. The van der Waals surface area contributed by atoms with Gasteiger partial charge in [0.2, 0.25) is 5.88 Å². The Morgan fingerprint density at radius 3 is 2.65 bits per heavy atom. The maximum absolute atomic E-state index is 17.1. The predicted molar refractivity (Wildman–Crippen MR) is 181 cm³/mol. The lowest BCUT2D eigenvalue weighted by Crippen LogP contribution is -2.63. The highest BCUT2D eigenvalue weighted by Crippen LogP contribution is 2.49. The Morgan fingerprint density at radius 2 is 1.94 bits per heavy atom. The summed E-state index contributed by atoms with van der Waals surface area (Å²) in [5.41, 5.74) is -0.800. The number of halogens is 5. The summed E-state index contributed by atoms with van der Waals surface area (Å²) in [7, 11) is 0. The fraction of sp³-hybridized carbons (Fsp3) is 0.486. The first-order chi connectivity index (χ1) is 24.4. The van der Waals surface area contributed by atoms with Gasteiger partial charge in [0.05, 0.1) is 24.1 Å². The lowest BCUT2D eigenvalue weighted by molar-refractivity contribution is -0.170. The largest absolute Gasteiger partial charge is 0.508 e. The molecule has 0 radical (unpaired) electrons. The van der Waals surface area contributed by atoms with Crippen molar-refractivity contribution in [3.63, 3.8) is 0 Å². The minimum atomic E-state index is -4.22. The van der Waals surface area contributed by atoms with E-state index in [1.54, 1.807) is 0 Å². The smallest absolute Gasteiger partial charge is 0.393 e. The van der Waals surface area contributed by atoms with E-state index in [-0.39, 0.29) is 100 Å². The monoisotopic (exact) mass is 708 g/mol. The molecule has 9 nitrogen and oxygen atoms in total. The van der Waals surface area contributed by atoms with Crippen LogP contribution >= 0.6 is 0 Å². The summed E-state index contributed by atoms with van der Waals surface area (Å²) in [6.45, 7) is 5.76. The number of fused-ring (bicyclic) bond motifs is 3. The van der Waals surface area contributed by atoms with Crippen LogP contribution in [0.15, 0.2) is 24.3 Å². The van der Waals surface area contributed by atoms with Gasteiger partial charge in [-0.1, -0.05) is 18.9 Å². The van der Waals surface area contributed by atoms with E-state index in [2.05, 4.69) is 40.0 Å². The molecule has 4 aliphatic rings. The normalized spacial score (nSPS) is 24.2. The first kappa shape index (κ1) is 33.7. The number of hydrogen-bond acceptors (Lipinski definition) is 9. The van der Waals surface area contributed by atoms with E-state index in [1.165, 1.54) is 24.3 Å². The fourth-order valence-electron chi connectivity index (χ4n) is 8.05. The Balaban J connectivity index is 1.24. The number of aromatic hydroxyl groups is 1. The molecule has 8 rings (SSSR count). The highest BCUT2D eigenvalue weighted by molar-refractivity contribution is 6.04. The SMILES string of the molecule is C#Cc1c(F)ccc2cc(O)cc(-c3nc4c5c(nc(OCC6(CN7CC[C@@H](C(F)(F)F)C7)CC6)nc5c3F)N3C[C@@H](C)N[C@@H](CC)[C@H]3CO4)c12. The molecule has 2 aromatic carbocycles. The Hall–Kier alpha value is -4.48. The second kappa shape index (κ2) is 12.3. The van der Waals surface area contributed by atoms with Gasteiger partial charge in [-0.15, -0.1) is 6.42 Å². The van der Waals surface area contributed by atoms with Crippen LogP contribution in [-0.2, 0) is 0 Å². The fourth-order valence-corrected chi connectivity index (χ4v) is 8.05. The van der Waals surface area contributed by atoms with Crippen LogP contribution in [0.1, 0.15) is 45.1 Å². The third kappa shape index (κ3) is 5.94. The number of ether oxygens (including phenoxy) is 2. The van der Waals surface area contributed by atoms with Crippen molar-refractivity contribution in [2.24, 2.45) is 11.3 Å². The molecule has 2 saturated heterocycles. The number of hydrogen-bond donors (Lipinski definition) is 2. The molecular weight excluding hydrogens is 671 g/mol. The van der Waals surface area contributed by atoms with Crippen LogP contribution in [-0.4, -0.2) is 88.7 Å². The quantitative estimate of drug-likeness (QED) is 0.172. The third-order valence-electron chi connectivity index (χ3n) is 10.9. The zero-order chi connectivity index (χ0) is 35.8. The van der Waals surface area contributed by atoms with Crippen LogP contribution in [0.2, 0.25) is 0 Å². The van der Waals surface area contributed by atoms with Gasteiger partial charge < -0.3 is 29.7 Å². The number of nitrogens with one attached hydrogen (secondary N) is 1. The number of benzene rings is 2. The summed E-state index contributed by atoms with van der Waals surface area (Å²) in [6.07, 6.45) is 3.89. The van der Waals surface area contributed by atoms with Crippen LogP contribution < -0.4 is 19.7 Å². The molecule has 4 aromatic rings. The highest BCUT2D eigenvalue weighted by atomic mass is 19.4. The number of phenolic OH excluding ortho intramolecular Hbond substituents is 1. The molecule has 4 atom stereocenters. The molecule has 0 bridgehead atoms. The van der Waals surface area contributed by atoms with Crippen LogP contribution in [0, 0.1) is 35.3 Å². The van der Waals surface area contributed by atoms with Crippen LogP contribution in [0.5, 0.6) is 17.6 Å². The standard InChI is InChI=1S/C37H37F5N6O3/c1-4-23-25(38)7-6-20-12-22(49)13-24(28(20)23)31-30(39)32-29-33(48-14-19(3)43-26(5-2)27(48)16-50-34(29)44-31)46-35(45-32)51-18-36(9-10-36)17-47-11-8-21(15-47)37(40,41)42/h1,6-7,12-13,19,21,26-27,43,49H,5,8-11,14-18H2,2-3H3/t19-,21-,26+,27-/m1/s1. The molecule has 1 aliphatic carbocycles. The van der Waals surface area contributed by atoms with Crippen LogP contribution in [0.3, 0.4) is 0 Å². The molecule has 0 amide bonds. The van der Waals surface area contributed by atoms with Crippen molar-refractivity contribution in [3.8, 4) is 41.2 Å². The zero-order valence-electron chi connectivity index (χ0n) is 28.2. The molecule has 3 fully saturated rings. The Labute approximate surface area is 291 Å². The van der Waals surface area contributed by atoms with Crippen molar-refractivity contribution in [2.75, 3.05) is 44.3 Å². The van der Waals surface area contributed by atoms with Gasteiger partial charge in [-0.05, 0) is 62.7 Å². The van der Waals surface area contributed by atoms with Gasteiger partial charge in [0.15, 0.2) is 5.82 Å². The maximum atomic E-state index is 17.1. The Morgan fingerprint density at radius 1 is 1.14 bits per heavy atom. The van der Waals surface area contributed by atoms with Gasteiger partial charge in [-0.25, -0.2) is 13.8 Å². The maximum Gasteiger partial charge on any atom is 0.393 e. The number of alkyl halides is 3. The van der Waals surface area contributed by atoms with Crippen molar-refractivity contribution in [1.29, 1.82) is 0 Å². The van der Waals surface area contributed by atoms with E-state index >= 15 is 4.39 Å². The minimum Gasteiger partial charge on any atom is -0.508 e. The zero-order valence-corrected chi connectivity index (χ0v) is 28.2. The second-order valence-electron chi connectivity index (χ2n) is 14.5. The van der Waals surface area contributed by atoms with E-state index in [4.69, 9.17) is 20.9 Å². The average Bonchev–Trinajstić information content (AvgIpc) is 3.73. The molecule has 2 aromatic heterocycles. The van der Waals surface area contributed by atoms with Crippen molar-refractivity contribution >= 4 is 27.5 Å². The van der Waals surface area contributed by atoms with E-state index in [1.807, 2.05) is 4.90 Å². The molecule has 268 valence electrons. The Kier molecular flexibility index (Phi) is 8.14. The molecule has 0 unspecified atom stereocenters. The number of phenols is 1. The predicted octanol–water partition coefficient (Wildman–Crippen LogP) is 6.19. The van der Waals surface area contributed by atoms with Gasteiger partial charge in [0.25, 0.3) is 0 Å². The third-order valence-corrected chi connectivity index (χ3v) is 10.9. The highest BCUT2D eigenvalue weighted by Gasteiger charge is 2.49. The summed E-state index contributed by atoms with van der Waals surface area (Å²) in [5.74, 6) is -0.271. The molecule has 5 heterocycles. The van der Waals surface area contributed by atoms with E-state index in [0.29, 0.717) is 30.8 Å². The summed E-state index contributed by atoms with van der Waals surface area (Å²) >= 11 is 0. The van der Waals surface area contributed by atoms with E-state index < -0.39 is 23.7 Å². The van der Waals surface area contributed by atoms with Gasteiger partial charge in [0.1, 0.15) is 40.6 Å².